The topological polar surface area (TPSA) is 49.3 Å². The molecule has 0 aliphatic carbocycles. The number of carbonyl (C=O) groups excluding carboxylic acids is 1. The van der Waals surface area contributed by atoms with Gasteiger partial charge in [0.05, 0.1) is 0 Å². The average molecular weight is 302 g/mol. The minimum absolute atomic E-state index is 0.0747. The first-order chi connectivity index (χ1) is 10.7. The number of piperidine rings is 1. The smallest absolute Gasteiger partial charge is 0.272 e. The van der Waals surface area contributed by atoms with E-state index in [9.17, 15) is 4.79 Å². The van der Waals surface area contributed by atoms with Crippen LogP contribution in [0.1, 0.15) is 61.3 Å². The van der Waals surface area contributed by atoms with Gasteiger partial charge in [0.15, 0.2) is 0 Å². The van der Waals surface area contributed by atoms with Crippen LogP contribution in [0.3, 0.4) is 0 Å². The Morgan fingerprint density at radius 3 is 2.18 bits per heavy atom. The van der Waals surface area contributed by atoms with Crippen LogP contribution >= 0.6 is 0 Å². The zero-order valence-corrected chi connectivity index (χ0v) is 13.6. The van der Waals surface area contributed by atoms with Crippen molar-refractivity contribution in [2.45, 2.75) is 51.9 Å². The molecule has 3 heterocycles. The summed E-state index contributed by atoms with van der Waals surface area (Å²) in [4.78, 5) is 26.0. The zero-order valence-electron chi connectivity index (χ0n) is 13.6. The molecule has 0 spiro atoms. The van der Waals surface area contributed by atoms with Crippen LogP contribution in [0.25, 0.3) is 0 Å². The van der Waals surface area contributed by atoms with Gasteiger partial charge in [-0.25, -0.2) is 9.97 Å². The number of hydrogen-bond acceptors (Lipinski definition) is 4. The van der Waals surface area contributed by atoms with Gasteiger partial charge >= 0.3 is 0 Å². The molecule has 3 rings (SSSR count). The Morgan fingerprint density at radius 1 is 0.909 bits per heavy atom. The van der Waals surface area contributed by atoms with E-state index in [4.69, 9.17) is 0 Å². The Kier molecular flexibility index (Phi) is 4.90. The molecule has 0 unspecified atom stereocenters. The van der Waals surface area contributed by atoms with Crippen molar-refractivity contribution in [1.29, 1.82) is 0 Å². The number of amides is 1. The molecule has 120 valence electrons. The van der Waals surface area contributed by atoms with Crippen LogP contribution in [0.2, 0.25) is 0 Å². The molecular weight excluding hydrogens is 276 g/mol. The van der Waals surface area contributed by atoms with Crippen molar-refractivity contribution >= 4 is 11.7 Å². The Balaban J connectivity index is 1.80. The Labute approximate surface area is 132 Å². The number of aryl methyl sites for hydroxylation is 1. The van der Waals surface area contributed by atoms with Gasteiger partial charge in [-0.1, -0.05) is 12.8 Å². The SMILES string of the molecule is Cc1nc(C(=O)N2CCCCCC2)cc(N2CCCCC2)n1. The van der Waals surface area contributed by atoms with Gasteiger partial charge in [-0.2, -0.15) is 0 Å². The van der Waals surface area contributed by atoms with Crippen LogP contribution < -0.4 is 4.90 Å². The average Bonchev–Trinajstić information content (AvgIpc) is 2.83. The first-order valence-electron chi connectivity index (χ1n) is 8.64. The first kappa shape index (κ1) is 15.3. The van der Waals surface area contributed by atoms with E-state index in [0.29, 0.717) is 11.5 Å². The van der Waals surface area contributed by atoms with Crippen molar-refractivity contribution in [2.75, 3.05) is 31.1 Å². The predicted octanol–water partition coefficient (Wildman–Crippen LogP) is 2.79. The van der Waals surface area contributed by atoms with E-state index >= 15 is 0 Å². The molecule has 0 aromatic carbocycles. The molecule has 2 saturated heterocycles. The zero-order chi connectivity index (χ0) is 15.4. The molecule has 0 saturated carbocycles. The Morgan fingerprint density at radius 2 is 1.50 bits per heavy atom. The number of hydrogen-bond donors (Lipinski definition) is 0. The highest BCUT2D eigenvalue weighted by molar-refractivity contribution is 5.93. The van der Waals surface area contributed by atoms with Crippen LogP contribution in [-0.2, 0) is 0 Å². The maximum Gasteiger partial charge on any atom is 0.272 e. The molecule has 0 radical (unpaired) electrons. The van der Waals surface area contributed by atoms with Gasteiger partial charge in [0, 0.05) is 32.2 Å². The summed E-state index contributed by atoms with van der Waals surface area (Å²) < 4.78 is 0. The highest BCUT2D eigenvalue weighted by Crippen LogP contribution is 2.20. The lowest BCUT2D eigenvalue weighted by atomic mass is 10.1. The summed E-state index contributed by atoms with van der Waals surface area (Å²) in [5, 5.41) is 0. The fourth-order valence-electron chi connectivity index (χ4n) is 3.38. The van der Waals surface area contributed by atoms with Gasteiger partial charge in [0.1, 0.15) is 17.3 Å². The van der Waals surface area contributed by atoms with Crippen molar-refractivity contribution < 1.29 is 4.79 Å². The van der Waals surface area contributed by atoms with Crippen LogP contribution in [0, 0.1) is 6.92 Å². The first-order valence-corrected chi connectivity index (χ1v) is 8.64. The maximum absolute atomic E-state index is 12.8. The fraction of sp³-hybridized carbons (Fsp3) is 0.706. The highest BCUT2D eigenvalue weighted by Gasteiger charge is 2.21. The highest BCUT2D eigenvalue weighted by atomic mass is 16.2. The van der Waals surface area contributed by atoms with Crippen molar-refractivity contribution in [3.8, 4) is 0 Å². The van der Waals surface area contributed by atoms with E-state index in [1.165, 1.54) is 32.1 Å². The number of anilines is 1. The Bertz CT molecular complexity index is 517. The van der Waals surface area contributed by atoms with Gasteiger partial charge in [-0.3, -0.25) is 4.79 Å². The van der Waals surface area contributed by atoms with E-state index in [2.05, 4.69) is 14.9 Å². The lowest BCUT2D eigenvalue weighted by molar-refractivity contribution is 0.0755. The number of aromatic nitrogens is 2. The Hall–Kier alpha value is -1.65. The molecule has 5 heteroatoms. The number of nitrogens with zero attached hydrogens (tertiary/aromatic N) is 4. The van der Waals surface area contributed by atoms with Gasteiger partial charge in [0.2, 0.25) is 0 Å². The van der Waals surface area contributed by atoms with E-state index in [-0.39, 0.29) is 5.91 Å². The summed E-state index contributed by atoms with van der Waals surface area (Å²) >= 11 is 0. The molecule has 0 atom stereocenters. The standard InChI is InChI=1S/C17H26N4O/c1-14-18-15(17(22)21-11-5-2-3-6-12-21)13-16(19-14)20-9-7-4-8-10-20/h13H,2-12H2,1H3. The summed E-state index contributed by atoms with van der Waals surface area (Å²) in [6.07, 6.45) is 8.37. The van der Waals surface area contributed by atoms with Crippen LogP contribution in [0.4, 0.5) is 5.82 Å². The minimum atomic E-state index is 0.0747. The third-order valence-corrected chi connectivity index (χ3v) is 4.62. The monoisotopic (exact) mass is 302 g/mol. The normalized spacial score (nSPS) is 19.9. The van der Waals surface area contributed by atoms with Crippen LogP contribution in [0.5, 0.6) is 0 Å². The fourth-order valence-corrected chi connectivity index (χ4v) is 3.38. The molecule has 1 amide bonds. The minimum Gasteiger partial charge on any atom is -0.356 e. The molecule has 2 aliphatic heterocycles. The van der Waals surface area contributed by atoms with Gasteiger partial charge in [-0.05, 0) is 39.0 Å². The van der Waals surface area contributed by atoms with Crippen molar-refractivity contribution in [3.63, 3.8) is 0 Å². The predicted molar refractivity (Wildman–Crippen MR) is 87.2 cm³/mol. The van der Waals surface area contributed by atoms with E-state index in [1.54, 1.807) is 0 Å². The van der Waals surface area contributed by atoms with E-state index < -0.39 is 0 Å². The molecule has 22 heavy (non-hydrogen) atoms. The van der Waals surface area contributed by atoms with Gasteiger partial charge < -0.3 is 9.80 Å². The molecular formula is C17H26N4O. The molecule has 0 bridgehead atoms. The summed E-state index contributed by atoms with van der Waals surface area (Å²) in [6, 6.07) is 1.89. The second-order valence-corrected chi connectivity index (χ2v) is 6.41. The van der Waals surface area contributed by atoms with Gasteiger partial charge in [-0.15, -0.1) is 0 Å². The van der Waals surface area contributed by atoms with Crippen LogP contribution in [-0.4, -0.2) is 47.0 Å². The van der Waals surface area contributed by atoms with E-state index in [0.717, 1.165) is 44.8 Å². The van der Waals surface area contributed by atoms with Crippen LogP contribution in [0.15, 0.2) is 6.07 Å². The van der Waals surface area contributed by atoms with Crippen molar-refractivity contribution in [2.24, 2.45) is 0 Å². The maximum atomic E-state index is 12.8. The number of carbonyl (C=O) groups is 1. The molecule has 1 aromatic heterocycles. The summed E-state index contributed by atoms with van der Waals surface area (Å²) in [6.45, 7) is 5.68. The number of rotatable bonds is 2. The van der Waals surface area contributed by atoms with Crippen molar-refractivity contribution in [3.05, 3.63) is 17.6 Å². The number of likely N-dealkylation sites (tertiary alicyclic amines) is 1. The molecule has 2 aliphatic rings. The molecule has 5 nitrogen and oxygen atoms in total. The van der Waals surface area contributed by atoms with Gasteiger partial charge in [0.25, 0.3) is 5.91 Å². The second-order valence-electron chi connectivity index (χ2n) is 6.41. The third-order valence-electron chi connectivity index (χ3n) is 4.62. The summed E-state index contributed by atoms with van der Waals surface area (Å²) in [5.41, 5.74) is 0.565. The molecule has 1 aromatic rings. The molecule has 2 fully saturated rings. The second kappa shape index (κ2) is 7.07. The lowest BCUT2D eigenvalue weighted by Crippen LogP contribution is -2.34. The van der Waals surface area contributed by atoms with E-state index in [1.807, 2.05) is 17.9 Å². The largest absolute Gasteiger partial charge is 0.356 e. The third kappa shape index (κ3) is 3.57. The van der Waals surface area contributed by atoms with Crippen molar-refractivity contribution in [1.82, 2.24) is 14.9 Å². The quantitative estimate of drug-likeness (QED) is 0.843. The summed E-state index contributed by atoms with van der Waals surface area (Å²) in [7, 11) is 0. The summed E-state index contributed by atoms with van der Waals surface area (Å²) in [5.74, 6) is 1.69. The lowest BCUT2D eigenvalue weighted by Gasteiger charge is -2.28. The molecule has 0 N–H and O–H groups in total.